The first-order chi connectivity index (χ1) is 16.2. The molecule has 0 aliphatic rings. The van der Waals surface area contributed by atoms with Crippen LogP contribution >= 0.6 is 0 Å². The second-order valence-corrected chi connectivity index (χ2v) is 14.8. The molecule has 1 amide bonds. The number of amides is 1. The Labute approximate surface area is 205 Å². The average Bonchev–Trinajstić information content (AvgIpc) is 2.77. The van der Waals surface area contributed by atoms with E-state index in [0.29, 0.717) is 11.3 Å². The molecular formula is C26H32F3N3O2Si. The molecule has 2 aromatic carbocycles. The molecule has 0 aliphatic carbocycles. The van der Waals surface area contributed by atoms with Gasteiger partial charge in [0.25, 0.3) is 0 Å². The van der Waals surface area contributed by atoms with Gasteiger partial charge >= 0.3 is 6.18 Å². The Morgan fingerprint density at radius 2 is 1.69 bits per heavy atom. The summed E-state index contributed by atoms with van der Waals surface area (Å²) in [4.78, 5) is 17.7. The first-order valence-corrected chi connectivity index (χ1v) is 14.3. The van der Waals surface area contributed by atoms with E-state index in [1.54, 1.807) is 19.3 Å². The van der Waals surface area contributed by atoms with Gasteiger partial charge in [-0.3, -0.25) is 9.78 Å². The van der Waals surface area contributed by atoms with Crippen molar-refractivity contribution < 1.29 is 22.4 Å². The molecule has 0 fully saturated rings. The maximum atomic E-state index is 13.4. The summed E-state index contributed by atoms with van der Waals surface area (Å²) < 4.78 is 46.1. The van der Waals surface area contributed by atoms with Crippen LogP contribution in [-0.4, -0.2) is 32.3 Å². The van der Waals surface area contributed by atoms with E-state index in [0.717, 1.165) is 23.0 Å². The number of nitrogens with one attached hydrogen (secondary N) is 2. The van der Waals surface area contributed by atoms with Crippen LogP contribution in [-0.2, 0) is 15.4 Å². The number of hydrogen-bond acceptors (Lipinski definition) is 4. The summed E-state index contributed by atoms with van der Waals surface area (Å²) in [5, 5.41) is 6.66. The number of likely N-dealkylation sites (N-methyl/N-ethyl adjacent to an activating group) is 1. The summed E-state index contributed by atoms with van der Waals surface area (Å²) in [6.07, 6.45) is -3.53. The van der Waals surface area contributed by atoms with Gasteiger partial charge in [0.2, 0.25) is 5.91 Å². The van der Waals surface area contributed by atoms with Gasteiger partial charge in [-0.25, -0.2) is 0 Å². The Morgan fingerprint density at radius 1 is 1.03 bits per heavy atom. The topological polar surface area (TPSA) is 63.2 Å². The summed E-state index contributed by atoms with van der Waals surface area (Å²) in [7, 11) is -0.765. The number of benzene rings is 2. The van der Waals surface area contributed by atoms with Crippen molar-refractivity contribution in [1.29, 1.82) is 0 Å². The Hall–Kier alpha value is -2.75. The van der Waals surface area contributed by atoms with Crippen LogP contribution in [0.1, 0.15) is 38.0 Å². The second kappa shape index (κ2) is 10.1. The zero-order chi connectivity index (χ0) is 26.0. The van der Waals surface area contributed by atoms with Gasteiger partial charge in [-0.15, -0.1) is 0 Å². The van der Waals surface area contributed by atoms with Crippen LogP contribution in [0.2, 0.25) is 18.1 Å². The molecule has 0 radical (unpaired) electrons. The average molecular weight is 504 g/mol. The molecule has 3 aromatic rings. The van der Waals surface area contributed by atoms with Crippen LogP contribution in [0.25, 0.3) is 10.9 Å². The van der Waals surface area contributed by atoms with E-state index in [9.17, 15) is 18.0 Å². The van der Waals surface area contributed by atoms with Crippen LogP contribution < -0.4 is 10.6 Å². The van der Waals surface area contributed by atoms with E-state index in [1.165, 1.54) is 12.1 Å². The Kier molecular flexibility index (Phi) is 7.73. The van der Waals surface area contributed by atoms with Crippen LogP contribution in [0.15, 0.2) is 60.8 Å². The van der Waals surface area contributed by atoms with E-state index in [-0.39, 0.29) is 10.9 Å². The number of anilines is 1. The molecule has 0 saturated heterocycles. The molecule has 0 unspecified atom stereocenters. The number of carbonyl (C=O) groups excluding carboxylic acids is 1. The lowest BCUT2D eigenvalue weighted by Gasteiger charge is -2.41. The van der Waals surface area contributed by atoms with Gasteiger partial charge in [-0.1, -0.05) is 39.0 Å². The lowest BCUT2D eigenvalue weighted by Crippen LogP contribution is -2.50. The summed E-state index contributed by atoms with van der Waals surface area (Å²) in [5.74, 6) is -0.348. The molecule has 35 heavy (non-hydrogen) atoms. The minimum Gasteiger partial charge on any atom is -0.408 e. The highest BCUT2D eigenvalue weighted by atomic mass is 28.4. The van der Waals surface area contributed by atoms with E-state index in [2.05, 4.69) is 36.4 Å². The normalized spacial score (nSPS) is 14.5. The fourth-order valence-electron chi connectivity index (χ4n) is 3.48. The van der Waals surface area contributed by atoms with Crippen LogP contribution in [0.5, 0.6) is 0 Å². The molecule has 0 bridgehead atoms. The highest BCUT2D eigenvalue weighted by molar-refractivity contribution is 6.74. The van der Waals surface area contributed by atoms with Crippen LogP contribution in [0, 0.1) is 0 Å². The number of nitrogens with zero attached hydrogens (tertiary/aromatic N) is 1. The van der Waals surface area contributed by atoms with E-state index in [1.807, 2.05) is 37.4 Å². The summed E-state index contributed by atoms with van der Waals surface area (Å²) in [6.45, 7) is 10.3. The van der Waals surface area contributed by atoms with Crippen molar-refractivity contribution in [3.8, 4) is 0 Å². The molecule has 5 nitrogen and oxygen atoms in total. The number of carbonyl (C=O) groups is 1. The quantitative estimate of drug-likeness (QED) is 0.359. The van der Waals surface area contributed by atoms with Crippen LogP contribution in [0.3, 0.4) is 0 Å². The molecule has 1 aromatic heterocycles. The number of halogens is 3. The lowest BCUT2D eigenvalue weighted by atomic mass is 10.00. The standard InChI is InChI=1S/C26H32F3N3O2Si/c1-25(2,3)35(5,6)34-23(17-9-11-19(12-10-17)26(27,28)29)22(30-4)24(33)32-20-13-14-21-18(16-20)8-7-15-31-21/h7-16,22-23,30H,1-6H3,(H,32,33)/t22-,23+/m0/s1. The maximum absolute atomic E-state index is 13.4. The highest BCUT2D eigenvalue weighted by Gasteiger charge is 2.42. The number of aromatic nitrogens is 1. The minimum absolute atomic E-state index is 0.169. The monoisotopic (exact) mass is 503 g/mol. The Morgan fingerprint density at radius 3 is 2.26 bits per heavy atom. The van der Waals surface area contributed by atoms with Crippen molar-refractivity contribution in [2.75, 3.05) is 12.4 Å². The molecule has 0 aliphatic heterocycles. The third-order valence-electron chi connectivity index (χ3n) is 6.56. The Balaban J connectivity index is 1.95. The SMILES string of the molecule is CN[C@H](C(=O)Nc1ccc2ncccc2c1)[C@H](O[Si](C)(C)C(C)(C)C)c1ccc(C(F)(F)F)cc1. The van der Waals surface area contributed by atoms with Gasteiger partial charge in [0.05, 0.1) is 17.2 Å². The molecule has 9 heteroatoms. The van der Waals surface area contributed by atoms with Crippen molar-refractivity contribution >= 4 is 30.8 Å². The van der Waals surface area contributed by atoms with Crippen molar-refractivity contribution in [2.45, 2.75) is 57.2 Å². The number of alkyl halides is 3. The molecular weight excluding hydrogens is 471 g/mol. The zero-order valence-corrected chi connectivity index (χ0v) is 21.8. The second-order valence-electron chi connectivity index (χ2n) is 10.1. The number of hydrogen-bond donors (Lipinski definition) is 2. The maximum Gasteiger partial charge on any atom is 0.416 e. The largest absolute Gasteiger partial charge is 0.416 e. The summed E-state index contributed by atoms with van der Waals surface area (Å²) >= 11 is 0. The molecule has 188 valence electrons. The summed E-state index contributed by atoms with van der Waals surface area (Å²) in [6, 6.07) is 13.1. The first-order valence-electron chi connectivity index (χ1n) is 11.4. The van der Waals surface area contributed by atoms with Gasteiger partial charge in [0, 0.05) is 17.3 Å². The molecule has 1 heterocycles. The predicted molar refractivity (Wildman–Crippen MR) is 136 cm³/mol. The van der Waals surface area contributed by atoms with E-state index in [4.69, 9.17) is 4.43 Å². The predicted octanol–water partition coefficient (Wildman–Crippen LogP) is 6.54. The van der Waals surface area contributed by atoms with Gasteiger partial charge in [-0.05, 0) is 67.1 Å². The van der Waals surface area contributed by atoms with E-state index < -0.39 is 32.2 Å². The van der Waals surface area contributed by atoms with Gasteiger partial charge in [0.1, 0.15) is 6.04 Å². The molecule has 2 N–H and O–H groups in total. The number of fused-ring (bicyclic) bond motifs is 1. The third kappa shape index (κ3) is 6.28. The fourth-order valence-corrected chi connectivity index (χ4v) is 4.74. The van der Waals surface area contributed by atoms with Crippen molar-refractivity contribution in [1.82, 2.24) is 10.3 Å². The number of rotatable bonds is 7. The van der Waals surface area contributed by atoms with E-state index >= 15 is 0 Å². The zero-order valence-electron chi connectivity index (χ0n) is 20.8. The van der Waals surface area contributed by atoms with Crippen LogP contribution in [0.4, 0.5) is 18.9 Å². The molecule has 2 atom stereocenters. The van der Waals surface area contributed by atoms with Gasteiger partial charge < -0.3 is 15.1 Å². The molecule has 3 rings (SSSR count). The molecule has 0 saturated carbocycles. The van der Waals surface area contributed by atoms with Gasteiger partial charge in [0.15, 0.2) is 8.32 Å². The Bertz CT molecular complexity index is 1170. The lowest BCUT2D eigenvalue weighted by molar-refractivity contribution is -0.137. The summed E-state index contributed by atoms with van der Waals surface area (Å²) in [5.41, 5.74) is 1.15. The van der Waals surface area contributed by atoms with Crippen molar-refractivity contribution in [2.24, 2.45) is 0 Å². The highest BCUT2D eigenvalue weighted by Crippen LogP contribution is 2.41. The number of pyridine rings is 1. The van der Waals surface area contributed by atoms with Crippen molar-refractivity contribution in [3.05, 3.63) is 71.9 Å². The van der Waals surface area contributed by atoms with Gasteiger partial charge in [-0.2, -0.15) is 13.2 Å². The smallest absolute Gasteiger partial charge is 0.408 e. The molecule has 0 spiro atoms. The fraction of sp³-hybridized carbons (Fsp3) is 0.385. The first kappa shape index (κ1) is 26.8. The third-order valence-corrected chi connectivity index (χ3v) is 11.0. The van der Waals surface area contributed by atoms with Crippen molar-refractivity contribution in [3.63, 3.8) is 0 Å². The minimum atomic E-state index is -4.45.